The molecule has 1 aromatic rings. The highest BCUT2D eigenvalue weighted by molar-refractivity contribution is 14.1. The van der Waals surface area contributed by atoms with E-state index in [1.54, 1.807) is 0 Å². The molecular formula is C9H6ClF2IN2. The number of alkyl halides is 3. The largest absolute Gasteiger partial charge is 0.265 e. The summed E-state index contributed by atoms with van der Waals surface area (Å²) in [5, 5.41) is 8.51. The second-order valence-electron chi connectivity index (χ2n) is 2.73. The third kappa shape index (κ3) is 2.98. The third-order valence-electron chi connectivity index (χ3n) is 1.80. The molecule has 0 N–H and O–H groups in total. The maximum absolute atomic E-state index is 12.7. The smallest absolute Gasteiger partial charge is 0.245 e. The first-order valence-corrected chi connectivity index (χ1v) is 5.60. The Bertz CT molecular complexity index is 404. The highest BCUT2D eigenvalue weighted by atomic mass is 127. The van der Waals surface area contributed by atoms with Crippen LogP contribution >= 0.6 is 34.2 Å². The molecule has 0 spiro atoms. The average molecular weight is 343 g/mol. The Morgan fingerprint density at radius 1 is 1.60 bits per heavy atom. The van der Waals surface area contributed by atoms with E-state index in [1.165, 1.54) is 6.07 Å². The van der Waals surface area contributed by atoms with Gasteiger partial charge in [-0.1, -0.05) is 0 Å². The lowest BCUT2D eigenvalue weighted by Crippen LogP contribution is -2.04. The van der Waals surface area contributed by atoms with E-state index < -0.39 is 6.43 Å². The summed E-state index contributed by atoms with van der Waals surface area (Å²) >= 11 is 7.48. The van der Waals surface area contributed by atoms with Gasteiger partial charge in [0.25, 0.3) is 6.43 Å². The summed E-state index contributed by atoms with van der Waals surface area (Å²) in [6.45, 7) is 0. The van der Waals surface area contributed by atoms with E-state index in [2.05, 4.69) is 4.98 Å². The van der Waals surface area contributed by atoms with Crippen LogP contribution in [0.2, 0.25) is 0 Å². The van der Waals surface area contributed by atoms with E-state index in [0.29, 0.717) is 9.26 Å². The lowest BCUT2D eigenvalue weighted by molar-refractivity contribution is 0.149. The summed E-state index contributed by atoms with van der Waals surface area (Å²) in [5.74, 6) is -0.00335. The molecule has 0 aliphatic heterocycles. The van der Waals surface area contributed by atoms with E-state index in [9.17, 15) is 8.78 Å². The van der Waals surface area contributed by atoms with E-state index in [4.69, 9.17) is 16.9 Å². The first-order chi connectivity index (χ1) is 7.10. The second kappa shape index (κ2) is 5.56. The lowest BCUT2D eigenvalue weighted by Gasteiger charge is -2.10. The van der Waals surface area contributed by atoms with Gasteiger partial charge in [0.1, 0.15) is 3.70 Å². The first-order valence-electron chi connectivity index (χ1n) is 3.99. The number of pyridine rings is 1. The molecule has 2 nitrogen and oxygen atoms in total. The lowest BCUT2D eigenvalue weighted by atomic mass is 10.1. The molecular weight excluding hydrogens is 336 g/mol. The number of nitrogens with zero attached hydrogens (tertiary/aromatic N) is 2. The minimum absolute atomic E-state index is 0.00335. The number of hydrogen-bond donors (Lipinski definition) is 0. The van der Waals surface area contributed by atoms with E-state index in [-0.39, 0.29) is 23.6 Å². The van der Waals surface area contributed by atoms with E-state index in [1.807, 2.05) is 28.7 Å². The average Bonchev–Trinajstić information content (AvgIpc) is 2.16. The molecule has 0 unspecified atom stereocenters. The van der Waals surface area contributed by atoms with Crippen molar-refractivity contribution in [1.29, 1.82) is 5.26 Å². The van der Waals surface area contributed by atoms with E-state index in [0.717, 1.165) is 0 Å². The number of hydrogen-bond acceptors (Lipinski definition) is 2. The fourth-order valence-electron chi connectivity index (χ4n) is 1.21. The van der Waals surface area contributed by atoms with Gasteiger partial charge in [0.2, 0.25) is 0 Å². The molecule has 15 heavy (non-hydrogen) atoms. The summed E-state index contributed by atoms with van der Waals surface area (Å²) in [5.41, 5.74) is 0.262. The Kier molecular flexibility index (Phi) is 4.67. The zero-order valence-corrected chi connectivity index (χ0v) is 10.4. The Hall–Kier alpha value is -0.480. The van der Waals surface area contributed by atoms with Crippen molar-refractivity contribution in [3.63, 3.8) is 0 Å². The van der Waals surface area contributed by atoms with Crippen LogP contribution in [0.4, 0.5) is 8.78 Å². The fraction of sp³-hybridized carbons (Fsp3) is 0.333. The van der Waals surface area contributed by atoms with Gasteiger partial charge >= 0.3 is 0 Å². The zero-order chi connectivity index (χ0) is 11.4. The van der Waals surface area contributed by atoms with Gasteiger partial charge in [0, 0.05) is 11.4 Å². The van der Waals surface area contributed by atoms with Gasteiger partial charge in [0.15, 0.2) is 0 Å². The van der Waals surface area contributed by atoms with Crippen LogP contribution in [0, 0.1) is 15.0 Å². The van der Waals surface area contributed by atoms with Crippen molar-refractivity contribution in [2.45, 2.75) is 18.7 Å². The normalized spacial score (nSPS) is 10.4. The van der Waals surface area contributed by atoms with Crippen LogP contribution in [-0.2, 0) is 12.3 Å². The van der Waals surface area contributed by atoms with E-state index >= 15 is 0 Å². The van der Waals surface area contributed by atoms with Crippen LogP contribution in [-0.4, -0.2) is 4.98 Å². The molecule has 0 saturated heterocycles. The second-order valence-corrected chi connectivity index (χ2v) is 4.11. The van der Waals surface area contributed by atoms with Crippen LogP contribution in [0.3, 0.4) is 0 Å². The molecule has 1 rings (SSSR count). The quantitative estimate of drug-likeness (QED) is 0.479. The minimum atomic E-state index is -2.65. The van der Waals surface area contributed by atoms with Crippen molar-refractivity contribution >= 4 is 34.2 Å². The topological polar surface area (TPSA) is 36.7 Å². The Balaban J connectivity index is 3.34. The summed E-state index contributed by atoms with van der Waals surface area (Å²) in [7, 11) is 0. The molecule has 0 atom stereocenters. The number of aromatic nitrogens is 1. The monoisotopic (exact) mass is 342 g/mol. The van der Waals surface area contributed by atoms with Gasteiger partial charge in [-0.15, -0.1) is 11.6 Å². The van der Waals surface area contributed by atoms with Crippen LogP contribution in [0.5, 0.6) is 0 Å². The van der Waals surface area contributed by atoms with Crippen molar-refractivity contribution < 1.29 is 8.78 Å². The predicted octanol–water partition coefficient (Wildman–Crippen LogP) is 3.43. The molecule has 80 valence electrons. The van der Waals surface area contributed by atoms with Crippen molar-refractivity contribution in [3.05, 3.63) is 26.6 Å². The van der Waals surface area contributed by atoms with Crippen LogP contribution in [0.1, 0.15) is 23.2 Å². The Labute approximate surface area is 104 Å². The van der Waals surface area contributed by atoms with Gasteiger partial charge in [0.05, 0.1) is 18.2 Å². The summed E-state index contributed by atoms with van der Waals surface area (Å²) in [6.07, 6.45) is -2.77. The molecule has 1 aromatic heterocycles. The summed E-state index contributed by atoms with van der Waals surface area (Å²) in [6, 6.07) is 3.33. The Morgan fingerprint density at radius 3 is 2.73 bits per heavy atom. The molecule has 0 amide bonds. The number of nitriles is 1. The maximum atomic E-state index is 12.7. The first kappa shape index (κ1) is 12.6. The predicted molar refractivity (Wildman–Crippen MR) is 60.8 cm³/mol. The third-order valence-corrected chi connectivity index (χ3v) is 2.64. The highest BCUT2D eigenvalue weighted by Crippen LogP contribution is 2.28. The van der Waals surface area contributed by atoms with Gasteiger partial charge in [-0.05, 0) is 34.2 Å². The number of rotatable bonds is 3. The summed E-state index contributed by atoms with van der Waals surface area (Å²) in [4.78, 5) is 3.92. The summed E-state index contributed by atoms with van der Waals surface area (Å²) < 4.78 is 26.0. The van der Waals surface area contributed by atoms with Gasteiger partial charge in [-0.2, -0.15) is 5.26 Å². The van der Waals surface area contributed by atoms with Gasteiger partial charge in [-0.3, -0.25) is 0 Å². The van der Waals surface area contributed by atoms with Crippen molar-refractivity contribution in [2.75, 3.05) is 0 Å². The molecule has 0 aromatic carbocycles. The van der Waals surface area contributed by atoms with Gasteiger partial charge in [-0.25, -0.2) is 13.8 Å². The molecule has 0 aliphatic carbocycles. The number of halogens is 4. The standard InChI is InChI=1S/C9H6ClF2IN2/c10-4-5-3-7(13)15-6(1-2-14)8(5)9(11)12/h3,9H,1,4H2. The Morgan fingerprint density at radius 2 is 2.27 bits per heavy atom. The molecule has 0 saturated carbocycles. The van der Waals surface area contributed by atoms with Crippen LogP contribution < -0.4 is 0 Å². The molecule has 0 bridgehead atoms. The molecule has 0 fully saturated rings. The minimum Gasteiger partial charge on any atom is -0.245 e. The fourth-order valence-corrected chi connectivity index (χ4v) is 2.10. The van der Waals surface area contributed by atoms with Gasteiger partial charge < -0.3 is 0 Å². The molecule has 0 aliphatic rings. The molecule has 6 heteroatoms. The maximum Gasteiger partial charge on any atom is 0.265 e. The van der Waals surface area contributed by atoms with Crippen molar-refractivity contribution in [2.24, 2.45) is 0 Å². The molecule has 0 radical (unpaired) electrons. The van der Waals surface area contributed by atoms with Crippen LogP contribution in [0.15, 0.2) is 6.07 Å². The highest BCUT2D eigenvalue weighted by Gasteiger charge is 2.19. The van der Waals surface area contributed by atoms with Crippen LogP contribution in [0.25, 0.3) is 0 Å². The molecule has 1 heterocycles. The SMILES string of the molecule is N#CCc1nc(I)cc(CCl)c1C(F)F. The van der Waals surface area contributed by atoms with Crippen molar-refractivity contribution in [3.8, 4) is 6.07 Å². The zero-order valence-electron chi connectivity index (χ0n) is 7.48. The van der Waals surface area contributed by atoms with Crippen molar-refractivity contribution in [1.82, 2.24) is 4.98 Å².